The second-order valence-electron chi connectivity index (χ2n) is 7.50. The van der Waals surface area contributed by atoms with E-state index in [1.165, 1.54) is 0 Å². The SMILES string of the molecule is CCOC(=O)C1=C(CN2CCC(C(=O)OCC)CC2)NC(=O)NC1c1cccc(Br)c1. The molecule has 2 aliphatic rings. The molecule has 2 heterocycles. The number of hydrogen-bond donors (Lipinski definition) is 2. The van der Waals surface area contributed by atoms with Crippen molar-refractivity contribution >= 4 is 33.9 Å². The van der Waals surface area contributed by atoms with E-state index >= 15 is 0 Å². The molecular formula is C22H28BrN3O5. The van der Waals surface area contributed by atoms with Crippen molar-refractivity contribution in [1.29, 1.82) is 0 Å². The van der Waals surface area contributed by atoms with Gasteiger partial charge in [0.1, 0.15) is 0 Å². The Bertz CT molecular complexity index is 864. The third-order valence-electron chi connectivity index (χ3n) is 5.42. The Kier molecular flexibility index (Phi) is 8.09. The molecule has 1 aromatic rings. The summed E-state index contributed by atoms with van der Waals surface area (Å²) in [5, 5.41) is 5.65. The molecule has 168 valence electrons. The first-order valence-electron chi connectivity index (χ1n) is 10.5. The first-order chi connectivity index (χ1) is 14.9. The number of carbonyl (C=O) groups excluding carboxylic acids is 3. The van der Waals surface area contributed by atoms with Crippen LogP contribution in [0.4, 0.5) is 4.79 Å². The molecule has 1 fully saturated rings. The van der Waals surface area contributed by atoms with Crippen LogP contribution in [-0.4, -0.2) is 55.7 Å². The molecule has 0 aliphatic carbocycles. The van der Waals surface area contributed by atoms with E-state index in [0.717, 1.165) is 10.0 Å². The lowest BCUT2D eigenvalue weighted by Gasteiger charge is -2.35. The zero-order valence-corrected chi connectivity index (χ0v) is 19.4. The van der Waals surface area contributed by atoms with E-state index in [9.17, 15) is 14.4 Å². The number of rotatable bonds is 7. The summed E-state index contributed by atoms with van der Waals surface area (Å²) in [5.74, 6) is -0.721. The number of amides is 2. The number of halogens is 1. The second-order valence-corrected chi connectivity index (χ2v) is 8.42. The summed E-state index contributed by atoms with van der Waals surface area (Å²) in [5.41, 5.74) is 1.71. The molecule has 2 aliphatic heterocycles. The van der Waals surface area contributed by atoms with Crippen molar-refractivity contribution in [2.45, 2.75) is 32.7 Å². The van der Waals surface area contributed by atoms with Crippen molar-refractivity contribution < 1.29 is 23.9 Å². The molecule has 3 rings (SSSR count). The van der Waals surface area contributed by atoms with Gasteiger partial charge in [-0.3, -0.25) is 9.69 Å². The van der Waals surface area contributed by atoms with Gasteiger partial charge in [-0.15, -0.1) is 0 Å². The lowest BCUT2D eigenvalue weighted by molar-refractivity contribution is -0.149. The average molecular weight is 494 g/mol. The highest BCUT2D eigenvalue weighted by molar-refractivity contribution is 9.10. The molecule has 0 bridgehead atoms. The highest BCUT2D eigenvalue weighted by Crippen LogP contribution is 2.30. The molecule has 0 saturated carbocycles. The molecule has 1 unspecified atom stereocenters. The fraction of sp³-hybridized carbons (Fsp3) is 0.500. The van der Waals surface area contributed by atoms with Gasteiger partial charge in [-0.25, -0.2) is 9.59 Å². The van der Waals surface area contributed by atoms with Gasteiger partial charge < -0.3 is 20.1 Å². The average Bonchev–Trinajstić information content (AvgIpc) is 2.74. The Morgan fingerprint density at radius 1 is 1.16 bits per heavy atom. The summed E-state index contributed by atoms with van der Waals surface area (Å²) >= 11 is 3.45. The molecule has 0 aromatic heterocycles. The summed E-state index contributed by atoms with van der Waals surface area (Å²) in [7, 11) is 0. The molecule has 9 heteroatoms. The third kappa shape index (κ3) is 5.86. The van der Waals surface area contributed by atoms with E-state index in [4.69, 9.17) is 9.47 Å². The minimum absolute atomic E-state index is 0.105. The van der Waals surface area contributed by atoms with Gasteiger partial charge in [0.2, 0.25) is 0 Å². The lowest BCUT2D eigenvalue weighted by atomic mass is 9.93. The molecule has 1 aromatic carbocycles. The molecule has 8 nitrogen and oxygen atoms in total. The summed E-state index contributed by atoms with van der Waals surface area (Å²) in [6.45, 7) is 5.91. The minimum Gasteiger partial charge on any atom is -0.466 e. The molecule has 1 saturated heterocycles. The van der Waals surface area contributed by atoms with Gasteiger partial charge in [-0.1, -0.05) is 28.1 Å². The molecule has 0 spiro atoms. The standard InChI is InChI=1S/C22H28BrN3O5/c1-3-30-20(27)14-8-10-26(11-9-14)13-17-18(21(28)31-4-2)19(25-22(29)24-17)15-6-5-7-16(23)12-15/h5-7,12,14,19H,3-4,8-11,13H2,1-2H3,(H2,24,25,29). The number of nitrogens with one attached hydrogen (secondary N) is 2. The van der Waals surface area contributed by atoms with Crippen LogP contribution in [0.2, 0.25) is 0 Å². The Morgan fingerprint density at radius 3 is 2.52 bits per heavy atom. The Morgan fingerprint density at radius 2 is 1.87 bits per heavy atom. The number of esters is 2. The van der Waals surface area contributed by atoms with Crippen LogP contribution in [0.5, 0.6) is 0 Å². The van der Waals surface area contributed by atoms with Crippen LogP contribution >= 0.6 is 15.9 Å². The van der Waals surface area contributed by atoms with E-state index in [-0.39, 0.29) is 24.5 Å². The number of urea groups is 1. The number of likely N-dealkylation sites (tertiary alicyclic amines) is 1. The summed E-state index contributed by atoms with van der Waals surface area (Å²) in [6, 6.07) is 6.50. The van der Waals surface area contributed by atoms with Gasteiger partial charge in [0.15, 0.2) is 0 Å². The Labute approximate surface area is 190 Å². The van der Waals surface area contributed by atoms with Crippen molar-refractivity contribution in [3.05, 3.63) is 45.6 Å². The van der Waals surface area contributed by atoms with Crippen molar-refractivity contribution in [2.75, 3.05) is 32.8 Å². The van der Waals surface area contributed by atoms with E-state index in [1.54, 1.807) is 13.8 Å². The Hall–Kier alpha value is -2.39. The maximum Gasteiger partial charge on any atom is 0.338 e. The second kappa shape index (κ2) is 10.8. The highest BCUT2D eigenvalue weighted by atomic mass is 79.9. The van der Waals surface area contributed by atoms with Gasteiger partial charge in [-0.2, -0.15) is 0 Å². The van der Waals surface area contributed by atoms with E-state index < -0.39 is 12.0 Å². The zero-order chi connectivity index (χ0) is 22.4. The van der Waals surface area contributed by atoms with Crippen LogP contribution in [0, 0.1) is 5.92 Å². The third-order valence-corrected chi connectivity index (χ3v) is 5.91. The van der Waals surface area contributed by atoms with E-state index in [2.05, 4.69) is 31.5 Å². The fourth-order valence-corrected chi connectivity index (χ4v) is 4.36. The largest absolute Gasteiger partial charge is 0.466 e. The number of hydrogen-bond acceptors (Lipinski definition) is 6. The van der Waals surface area contributed by atoms with Crippen LogP contribution < -0.4 is 10.6 Å². The maximum atomic E-state index is 12.9. The summed E-state index contributed by atoms with van der Waals surface area (Å²) < 4.78 is 11.3. The van der Waals surface area contributed by atoms with Crippen LogP contribution in [0.1, 0.15) is 38.3 Å². The monoisotopic (exact) mass is 493 g/mol. The smallest absolute Gasteiger partial charge is 0.338 e. The summed E-state index contributed by atoms with van der Waals surface area (Å²) in [6.07, 6.45) is 1.37. The zero-order valence-electron chi connectivity index (χ0n) is 17.8. The molecule has 1 atom stereocenters. The van der Waals surface area contributed by atoms with Gasteiger partial charge in [0.05, 0.1) is 30.7 Å². The quantitative estimate of drug-likeness (QED) is 0.566. The van der Waals surface area contributed by atoms with Crippen molar-refractivity contribution in [3.63, 3.8) is 0 Å². The van der Waals surface area contributed by atoms with Crippen LogP contribution in [-0.2, 0) is 19.1 Å². The van der Waals surface area contributed by atoms with Crippen molar-refractivity contribution in [1.82, 2.24) is 15.5 Å². The van der Waals surface area contributed by atoms with Crippen molar-refractivity contribution in [3.8, 4) is 0 Å². The topological polar surface area (TPSA) is 97.0 Å². The predicted octanol–water partition coefficient (Wildman–Crippen LogP) is 2.90. The van der Waals surface area contributed by atoms with Crippen molar-refractivity contribution in [2.24, 2.45) is 5.92 Å². The first-order valence-corrected chi connectivity index (χ1v) is 11.3. The van der Waals surface area contributed by atoms with E-state index in [1.807, 2.05) is 24.3 Å². The van der Waals surface area contributed by atoms with Crippen LogP contribution in [0.15, 0.2) is 40.0 Å². The molecular weight excluding hydrogens is 466 g/mol. The maximum absolute atomic E-state index is 12.9. The highest BCUT2D eigenvalue weighted by Gasteiger charge is 2.35. The fourth-order valence-electron chi connectivity index (χ4n) is 3.94. The van der Waals surface area contributed by atoms with Gasteiger partial charge in [0.25, 0.3) is 0 Å². The molecule has 31 heavy (non-hydrogen) atoms. The van der Waals surface area contributed by atoms with Gasteiger partial charge >= 0.3 is 18.0 Å². The number of carbonyl (C=O) groups is 3. The minimum atomic E-state index is -0.614. The number of ether oxygens (including phenoxy) is 2. The molecule has 0 radical (unpaired) electrons. The van der Waals surface area contributed by atoms with Gasteiger partial charge in [0, 0.05) is 16.7 Å². The Balaban J connectivity index is 1.83. The lowest BCUT2D eigenvalue weighted by Crippen LogP contribution is -2.49. The molecule has 2 amide bonds. The van der Waals surface area contributed by atoms with E-state index in [0.29, 0.717) is 50.4 Å². The predicted molar refractivity (Wildman–Crippen MR) is 118 cm³/mol. The first kappa shape index (κ1) is 23.3. The van der Waals surface area contributed by atoms with Crippen LogP contribution in [0.3, 0.4) is 0 Å². The number of piperidine rings is 1. The number of nitrogens with zero attached hydrogens (tertiary/aromatic N) is 1. The normalized spacial score (nSPS) is 20.1. The number of benzene rings is 1. The molecule has 2 N–H and O–H groups in total. The van der Waals surface area contributed by atoms with Gasteiger partial charge in [-0.05, 0) is 57.5 Å². The summed E-state index contributed by atoms with van der Waals surface area (Å²) in [4.78, 5) is 39.4. The van der Waals surface area contributed by atoms with Crippen LogP contribution in [0.25, 0.3) is 0 Å².